The van der Waals surface area contributed by atoms with E-state index in [1.807, 2.05) is 16.9 Å². The summed E-state index contributed by atoms with van der Waals surface area (Å²) in [7, 11) is 0. The number of aryl methyl sites for hydroxylation is 3. The van der Waals surface area contributed by atoms with E-state index in [0.717, 1.165) is 29.2 Å². The average molecular weight is 372 g/mol. The first-order valence-electron chi connectivity index (χ1n) is 6.03. The Balaban J connectivity index is 1.96. The average Bonchev–Trinajstić information content (AvgIpc) is 2.92. The largest absolute Gasteiger partial charge is 0.330 e. The number of aromatic amines is 1. The van der Waals surface area contributed by atoms with Gasteiger partial charge in [0.15, 0.2) is 4.77 Å². The second-order valence-electron chi connectivity index (χ2n) is 4.50. The fraction of sp³-hybridized carbons (Fsp3) is 0.231. The van der Waals surface area contributed by atoms with Crippen molar-refractivity contribution in [2.75, 3.05) is 0 Å². The molecule has 3 nitrogen and oxygen atoms in total. The summed E-state index contributed by atoms with van der Waals surface area (Å²) in [5.41, 5.74) is 2.65. The van der Waals surface area contributed by atoms with Gasteiger partial charge < -0.3 is 9.55 Å². The van der Waals surface area contributed by atoms with E-state index >= 15 is 0 Å². The lowest BCUT2D eigenvalue weighted by molar-refractivity contribution is 0.622. The summed E-state index contributed by atoms with van der Waals surface area (Å²) in [5.74, 6) is -0.295. The van der Waals surface area contributed by atoms with Gasteiger partial charge in [-0.15, -0.1) is 11.3 Å². The van der Waals surface area contributed by atoms with Gasteiger partial charge in [-0.25, -0.2) is 9.37 Å². The minimum atomic E-state index is -0.295. The highest BCUT2D eigenvalue weighted by Gasteiger charge is 2.09. The van der Waals surface area contributed by atoms with Crippen LogP contribution in [-0.4, -0.2) is 14.5 Å². The van der Waals surface area contributed by atoms with Crippen LogP contribution >= 0.6 is 39.5 Å². The number of hydrogen-bond acceptors (Lipinski definition) is 3. The second-order valence-corrected chi connectivity index (χ2v) is 6.68. The van der Waals surface area contributed by atoms with Crippen molar-refractivity contribution in [2.45, 2.75) is 19.9 Å². The lowest BCUT2D eigenvalue weighted by Gasteiger charge is -2.03. The van der Waals surface area contributed by atoms with Crippen molar-refractivity contribution in [3.63, 3.8) is 0 Å². The molecule has 0 aliphatic rings. The molecule has 0 amide bonds. The molecule has 20 heavy (non-hydrogen) atoms. The molecule has 0 aliphatic heterocycles. The molecule has 3 aromatic rings. The minimum Gasteiger partial charge on any atom is -0.330 e. The third-order valence-electron chi connectivity index (χ3n) is 3.03. The van der Waals surface area contributed by atoms with E-state index in [2.05, 4.69) is 25.9 Å². The molecule has 0 radical (unpaired) electrons. The Morgan fingerprint density at radius 2 is 2.30 bits per heavy atom. The van der Waals surface area contributed by atoms with Gasteiger partial charge in [0, 0.05) is 30.1 Å². The first-order chi connectivity index (χ1) is 9.54. The molecule has 1 aromatic carbocycles. The molecule has 7 heteroatoms. The third-order valence-corrected chi connectivity index (χ3v) is 4.99. The Morgan fingerprint density at radius 3 is 3.00 bits per heavy atom. The number of imidazole rings is 1. The van der Waals surface area contributed by atoms with E-state index in [1.165, 1.54) is 6.07 Å². The van der Waals surface area contributed by atoms with Crippen molar-refractivity contribution in [3.05, 3.63) is 43.3 Å². The molecule has 104 valence electrons. The van der Waals surface area contributed by atoms with Gasteiger partial charge in [-0.05, 0) is 41.1 Å². The maximum atomic E-state index is 13.5. The van der Waals surface area contributed by atoms with Crippen LogP contribution in [0.2, 0.25) is 0 Å². The number of halogens is 2. The van der Waals surface area contributed by atoms with Gasteiger partial charge in [0.1, 0.15) is 5.82 Å². The number of nitrogens with one attached hydrogen (secondary N) is 1. The van der Waals surface area contributed by atoms with Crippen LogP contribution in [0.25, 0.3) is 11.0 Å². The number of fused-ring (bicyclic) bond motifs is 1. The first kappa shape index (κ1) is 13.9. The number of rotatable bonds is 3. The molecular formula is C13H11BrFN3S2. The predicted molar refractivity (Wildman–Crippen MR) is 85.3 cm³/mol. The van der Waals surface area contributed by atoms with Crippen molar-refractivity contribution in [1.82, 2.24) is 14.5 Å². The Morgan fingerprint density at radius 1 is 1.50 bits per heavy atom. The summed E-state index contributed by atoms with van der Waals surface area (Å²) in [6.07, 6.45) is 0.814. The van der Waals surface area contributed by atoms with E-state index in [9.17, 15) is 4.39 Å². The molecule has 0 spiro atoms. The van der Waals surface area contributed by atoms with Crippen LogP contribution in [0.4, 0.5) is 4.39 Å². The summed E-state index contributed by atoms with van der Waals surface area (Å²) in [5, 5.41) is 3.12. The summed E-state index contributed by atoms with van der Waals surface area (Å²) in [4.78, 5) is 7.48. The minimum absolute atomic E-state index is 0.295. The summed E-state index contributed by atoms with van der Waals surface area (Å²) >= 11 is 10.2. The van der Waals surface area contributed by atoms with Gasteiger partial charge in [0.05, 0.1) is 20.5 Å². The highest BCUT2D eigenvalue weighted by Crippen LogP contribution is 2.23. The summed E-state index contributed by atoms with van der Waals surface area (Å²) < 4.78 is 16.5. The van der Waals surface area contributed by atoms with Gasteiger partial charge in [-0.3, -0.25) is 0 Å². The summed E-state index contributed by atoms with van der Waals surface area (Å²) in [6.45, 7) is 2.71. The molecule has 0 atom stereocenters. The van der Waals surface area contributed by atoms with Crippen LogP contribution in [0.15, 0.2) is 22.0 Å². The lowest BCUT2D eigenvalue weighted by atomic mass is 10.3. The van der Waals surface area contributed by atoms with E-state index in [1.54, 1.807) is 17.4 Å². The smallest absolute Gasteiger partial charge is 0.178 e. The van der Waals surface area contributed by atoms with Crippen molar-refractivity contribution in [1.29, 1.82) is 0 Å². The molecule has 0 aliphatic carbocycles. The number of benzene rings is 1. The molecule has 0 bridgehead atoms. The zero-order chi connectivity index (χ0) is 14.3. The predicted octanol–water partition coefficient (Wildman–Crippen LogP) is 4.61. The third kappa shape index (κ3) is 2.57. The van der Waals surface area contributed by atoms with Crippen LogP contribution < -0.4 is 0 Å². The van der Waals surface area contributed by atoms with Gasteiger partial charge in [-0.1, -0.05) is 0 Å². The van der Waals surface area contributed by atoms with Crippen LogP contribution in [0, 0.1) is 17.5 Å². The molecular weight excluding hydrogens is 361 g/mol. The monoisotopic (exact) mass is 371 g/mol. The highest BCUT2D eigenvalue weighted by atomic mass is 79.9. The first-order valence-corrected chi connectivity index (χ1v) is 8.11. The Bertz CT molecular complexity index is 834. The Labute approximate surface area is 132 Å². The number of nitrogens with zero attached hydrogens (tertiary/aromatic N) is 2. The maximum absolute atomic E-state index is 13.5. The fourth-order valence-corrected chi connectivity index (χ4v) is 3.49. The zero-order valence-electron chi connectivity index (χ0n) is 10.6. The Hall–Kier alpha value is -1.05. The molecule has 0 saturated heterocycles. The lowest BCUT2D eigenvalue weighted by Crippen LogP contribution is -2.01. The van der Waals surface area contributed by atoms with Gasteiger partial charge in [0.2, 0.25) is 0 Å². The van der Waals surface area contributed by atoms with Crippen LogP contribution in [0.5, 0.6) is 0 Å². The van der Waals surface area contributed by atoms with E-state index < -0.39 is 0 Å². The van der Waals surface area contributed by atoms with E-state index in [0.29, 0.717) is 14.8 Å². The zero-order valence-corrected chi connectivity index (χ0v) is 13.8. The van der Waals surface area contributed by atoms with E-state index in [-0.39, 0.29) is 5.82 Å². The van der Waals surface area contributed by atoms with Crippen LogP contribution in [0.3, 0.4) is 0 Å². The summed E-state index contributed by atoms with van der Waals surface area (Å²) in [6, 6.07) is 3.21. The second kappa shape index (κ2) is 5.38. The van der Waals surface area contributed by atoms with Crippen molar-refractivity contribution < 1.29 is 4.39 Å². The van der Waals surface area contributed by atoms with Crippen LogP contribution in [0.1, 0.15) is 10.7 Å². The standard InChI is InChI=1S/C13H11BrFN3S2/c1-7-6-20-12(16-7)2-3-18-11-4-8(14)9(15)5-10(11)17-13(18)19/h4-6H,2-3H2,1H3,(H,17,19). The molecule has 0 fully saturated rings. The number of thiazole rings is 1. The quantitative estimate of drug-likeness (QED) is 0.682. The van der Waals surface area contributed by atoms with Gasteiger partial charge in [0.25, 0.3) is 0 Å². The topological polar surface area (TPSA) is 33.6 Å². The number of hydrogen-bond donors (Lipinski definition) is 1. The molecule has 2 heterocycles. The molecule has 2 aromatic heterocycles. The highest BCUT2D eigenvalue weighted by molar-refractivity contribution is 9.10. The maximum Gasteiger partial charge on any atom is 0.178 e. The number of aromatic nitrogens is 3. The molecule has 1 N–H and O–H groups in total. The van der Waals surface area contributed by atoms with Gasteiger partial charge in [-0.2, -0.15) is 0 Å². The number of H-pyrrole nitrogens is 1. The molecule has 3 rings (SSSR count). The van der Waals surface area contributed by atoms with Crippen molar-refractivity contribution in [2.24, 2.45) is 0 Å². The van der Waals surface area contributed by atoms with E-state index in [4.69, 9.17) is 12.2 Å². The molecule has 0 saturated carbocycles. The SMILES string of the molecule is Cc1csc(CCn2c(=S)[nH]c3cc(F)c(Br)cc32)n1. The fourth-order valence-electron chi connectivity index (χ4n) is 2.10. The normalized spacial score (nSPS) is 11.3. The molecule has 0 unspecified atom stereocenters. The van der Waals surface area contributed by atoms with Crippen molar-refractivity contribution >= 4 is 50.5 Å². The Kier molecular flexibility index (Phi) is 3.74. The van der Waals surface area contributed by atoms with Crippen LogP contribution in [-0.2, 0) is 13.0 Å². The van der Waals surface area contributed by atoms with Gasteiger partial charge >= 0.3 is 0 Å². The van der Waals surface area contributed by atoms with Crippen molar-refractivity contribution in [3.8, 4) is 0 Å².